The molecule has 1 aromatic rings. The van der Waals surface area contributed by atoms with Crippen molar-refractivity contribution < 1.29 is 34.1 Å². The number of ether oxygens (including phenoxy) is 1. The molecule has 3 aliphatic heterocycles. The second kappa shape index (κ2) is 9.57. The van der Waals surface area contributed by atoms with E-state index in [-0.39, 0.29) is 24.8 Å². The second-order valence-corrected chi connectivity index (χ2v) is 8.67. The van der Waals surface area contributed by atoms with Gasteiger partial charge in [0.15, 0.2) is 0 Å². The number of hydrogen-bond acceptors (Lipinski definition) is 6. The van der Waals surface area contributed by atoms with Gasteiger partial charge in [-0.3, -0.25) is 14.4 Å². The number of carboxylic acids is 1. The van der Waals surface area contributed by atoms with Crippen LogP contribution in [0.15, 0.2) is 6.07 Å². The van der Waals surface area contributed by atoms with Gasteiger partial charge in [0, 0.05) is 30.9 Å². The molecule has 0 aliphatic carbocycles. The lowest BCUT2D eigenvalue weighted by Crippen LogP contribution is -2.51. The maximum absolute atomic E-state index is 12.6. The number of carbonyl (C=O) groups excluding carboxylic acids is 2. The van der Waals surface area contributed by atoms with E-state index in [9.17, 15) is 19.5 Å². The molecular formula is C20H26N2O7S. The predicted octanol–water partition coefficient (Wildman–Crippen LogP) is 1.55. The molecule has 0 unspecified atom stereocenters. The summed E-state index contributed by atoms with van der Waals surface area (Å²) in [5, 5.41) is 16.2. The maximum atomic E-state index is 12.6. The molecule has 4 rings (SSSR count). The van der Waals surface area contributed by atoms with Gasteiger partial charge in [-0.1, -0.05) is 0 Å². The van der Waals surface area contributed by atoms with Gasteiger partial charge < -0.3 is 24.7 Å². The lowest BCUT2D eigenvalue weighted by atomic mass is 9.85. The Morgan fingerprint density at radius 2 is 1.90 bits per heavy atom. The number of carboxylic acid groups (broad SMARTS) is 2. The van der Waals surface area contributed by atoms with Gasteiger partial charge in [0.05, 0.1) is 13.2 Å². The molecule has 0 saturated carbocycles. The molecule has 30 heavy (non-hydrogen) atoms. The van der Waals surface area contributed by atoms with Crippen molar-refractivity contribution in [2.75, 3.05) is 32.8 Å². The highest BCUT2D eigenvalue weighted by molar-refractivity contribution is 7.14. The molecule has 10 heteroatoms. The summed E-state index contributed by atoms with van der Waals surface area (Å²) in [5.74, 6) is -0.833. The van der Waals surface area contributed by atoms with Crippen molar-refractivity contribution in [2.24, 2.45) is 0 Å². The Hall–Kier alpha value is -2.46. The van der Waals surface area contributed by atoms with E-state index in [4.69, 9.17) is 14.6 Å². The third kappa shape index (κ3) is 4.65. The number of thiophene rings is 1. The predicted molar refractivity (Wildman–Crippen MR) is 108 cm³/mol. The zero-order chi connectivity index (χ0) is 21.7. The fourth-order valence-corrected chi connectivity index (χ4v) is 5.56. The minimum Gasteiger partial charge on any atom is -0.483 e. The van der Waals surface area contributed by atoms with Crippen molar-refractivity contribution in [3.63, 3.8) is 0 Å². The van der Waals surface area contributed by atoms with E-state index in [2.05, 4.69) is 0 Å². The summed E-state index contributed by atoms with van der Waals surface area (Å²) in [5.41, 5.74) is 0.603. The van der Waals surface area contributed by atoms with Crippen molar-refractivity contribution in [3.8, 4) is 0 Å². The van der Waals surface area contributed by atoms with Crippen LogP contribution in [0.4, 0.5) is 0 Å². The molecule has 1 spiro atoms. The van der Waals surface area contributed by atoms with Crippen LogP contribution >= 0.6 is 11.3 Å². The Labute approximate surface area is 178 Å². The van der Waals surface area contributed by atoms with Crippen LogP contribution in [0.2, 0.25) is 0 Å². The van der Waals surface area contributed by atoms with E-state index in [1.54, 1.807) is 11.0 Å². The smallest absolute Gasteiger partial charge is 0.345 e. The monoisotopic (exact) mass is 438 g/mol. The number of fused-ring (bicyclic) bond motifs is 2. The summed E-state index contributed by atoms with van der Waals surface area (Å²) in [6, 6.07) is 1.77. The van der Waals surface area contributed by atoms with E-state index in [0.29, 0.717) is 50.4 Å². The van der Waals surface area contributed by atoms with Crippen molar-refractivity contribution >= 4 is 35.6 Å². The highest BCUT2D eigenvalue weighted by Gasteiger charge is 2.43. The highest BCUT2D eigenvalue weighted by Crippen LogP contribution is 2.45. The number of piperidine rings is 2. The number of hydrogen-bond donors (Lipinski definition) is 2. The Bertz CT molecular complexity index is 814. The molecule has 0 radical (unpaired) electrons. The normalized spacial score (nSPS) is 20.2. The number of amides is 2. The molecule has 0 atom stereocenters. The molecule has 164 valence electrons. The molecular weight excluding hydrogens is 412 g/mol. The molecule has 2 amide bonds. The summed E-state index contributed by atoms with van der Waals surface area (Å²) in [6.07, 6.45) is 4.48. The van der Waals surface area contributed by atoms with E-state index >= 15 is 0 Å². The zero-order valence-electron chi connectivity index (χ0n) is 16.7. The SMILES string of the molecule is O=C(O)c1cc2c(s1)C1(CCN(C(=O)CN3CCCCC3=O)CC1)OCC2.O=CO. The standard InChI is InChI=1S/C19H24N2O5S.CH2O2/c22-15-3-1-2-7-21(15)12-16(23)20-8-5-19(6-9-20)17-13(4-10-26-19)11-14(27-17)18(24)25;2-1-3/h11H,1-10,12H2,(H,24,25);1H,(H,2,3). The fourth-order valence-electron chi connectivity index (χ4n) is 4.31. The lowest BCUT2D eigenvalue weighted by molar-refractivity contribution is -0.147. The molecule has 2 saturated heterocycles. The Kier molecular flexibility index (Phi) is 7.09. The summed E-state index contributed by atoms with van der Waals surface area (Å²) < 4.78 is 6.14. The molecule has 9 nitrogen and oxygen atoms in total. The second-order valence-electron chi connectivity index (χ2n) is 7.62. The number of nitrogens with zero attached hydrogens (tertiary/aromatic N) is 2. The first-order valence-corrected chi connectivity index (χ1v) is 10.9. The van der Waals surface area contributed by atoms with Crippen LogP contribution in [0.25, 0.3) is 0 Å². The molecule has 3 aliphatic rings. The molecule has 2 fully saturated rings. The summed E-state index contributed by atoms with van der Waals surface area (Å²) in [4.78, 5) is 49.1. The van der Waals surface area contributed by atoms with Gasteiger partial charge in [0.2, 0.25) is 11.8 Å². The van der Waals surface area contributed by atoms with Crippen LogP contribution in [0.5, 0.6) is 0 Å². The first kappa shape index (κ1) is 22.2. The average Bonchev–Trinajstić information content (AvgIpc) is 3.17. The number of likely N-dealkylation sites (tertiary alicyclic amines) is 2. The molecule has 0 bridgehead atoms. The molecule has 0 aromatic carbocycles. The number of carbonyl (C=O) groups is 4. The van der Waals surface area contributed by atoms with Crippen LogP contribution in [-0.2, 0) is 31.1 Å². The highest BCUT2D eigenvalue weighted by atomic mass is 32.1. The van der Waals surface area contributed by atoms with E-state index in [1.807, 2.05) is 4.90 Å². The van der Waals surface area contributed by atoms with Crippen molar-refractivity contribution in [2.45, 2.75) is 44.1 Å². The van der Waals surface area contributed by atoms with Crippen LogP contribution in [0.3, 0.4) is 0 Å². The van der Waals surface area contributed by atoms with Crippen LogP contribution in [-0.4, -0.2) is 77.1 Å². The Balaban J connectivity index is 0.000000806. The largest absolute Gasteiger partial charge is 0.483 e. The molecule has 4 heterocycles. The van der Waals surface area contributed by atoms with Gasteiger partial charge in [-0.15, -0.1) is 11.3 Å². The maximum Gasteiger partial charge on any atom is 0.345 e. The Morgan fingerprint density at radius 1 is 1.20 bits per heavy atom. The van der Waals surface area contributed by atoms with E-state index in [1.165, 1.54) is 11.3 Å². The van der Waals surface area contributed by atoms with Gasteiger partial charge in [-0.25, -0.2) is 4.79 Å². The van der Waals surface area contributed by atoms with Crippen LogP contribution in [0.1, 0.15) is 52.2 Å². The van der Waals surface area contributed by atoms with Crippen LogP contribution < -0.4 is 0 Å². The minimum absolute atomic E-state index is 0.00598. The van der Waals surface area contributed by atoms with Crippen molar-refractivity contribution in [1.29, 1.82) is 0 Å². The summed E-state index contributed by atoms with van der Waals surface area (Å²) in [7, 11) is 0. The average molecular weight is 439 g/mol. The van der Waals surface area contributed by atoms with Crippen molar-refractivity contribution in [1.82, 2.24) is 9.80 Å². The third-order valence-corrected chi connectivity index (χ3v) is 7.21. The van der Waals surface area contributed by atoms with Crippen molar-refractivity contribution in [3.05, 3.63) is 21.4 Å². The van der Waals surface area contributed by atoms with Gasteiger partial charge in [0.25, 0.3) is 6.47 Å². The number of rotatable bonds is 3. The molecule has 2 N–H and O–H groups in total. The molecule has 1 aromatic heterocycles. The Morgan fingerprint density at radius 3 is 2.53 bits per heavy atom. The fraction of sp³-hybridized carbons (Fsp3) is 0.600. The van der Waals surface area contributed by atoms with Gasteiger partial charge in [0.1, 0.15) is 10.5 Å². The van der Waals surface area contributed by atoms with Gasteiger partial charge in [-0.05, 0) is 43.7 Å². The van der Waals surface area contributed by atoms with Crippen LogP contribution in [0, 0.1) is 0 Å². The third-order valence-electron chi connectivity index (χ3n) is 5.85. The van der Waals surface area contributed by atoms with E-state index < -0.39 is 11.6 Å². The first-order chi connectivity index (χ1) is 14.4. The quantitative estimate of drug-likeness (QED) is 0.686. The van der Waals surface area contributed by atoms with Gasteiger partial charge in [-0.2, -0.15) is 0 Å². The topological polar surface area (TPSA) is 124 Å². The zero-order valence-corrected chi connectivity index (χ0v) is 17.5. The first-order valence-electron chi connectivity index (χ1n) is 10.0. The van der Waals surface area contributed by atoms with E-state index in [0.717, 1.165) is 29.7 Å². The van der Waals surface area contributed by atoms with Gasteiger partial charge >= 0.3 is 5.97 Å². The number of aromatic carboxylic acids is 1. The summed E-state index contributed by atoms with van der Waals surface area (Å²) >= 11 is 1.31. The summed E-state index contributed by atoms with van der Waals surface area (Å²) in [6.45, 7) is 2.31. The minimum atomic E-state index is -0.900. The lowest BCUT2D eigenvalue weighted by Gasteiger charge is -2.44.